The number of benzene rings is 1. The summed E-state index contributed by atoms with van der Waals surface area (Å²) in [7, 11) is -3.55. The molecular formula is C18H28N2O4S. The van der Waals surface area contributed by atoms with E-state index in [1.54, 1.807) is 24.3 Å². The van der Waals surface area contributed by atoms with E-state index in [1.807, 2.05) is 13.8 Å². The largest absolute Gasteiger partial charge is 0.373 e. The summed E-state index contributed by atoms with van der Waals surface area (Å²) in [6.07, 6.45) is 3.19. The van der Waals surface area contributed by atoms with Gasteiger partial charge in [-0.25, -0.2) is 8.42 Å². The molecule has 0 saturated carbocycles. The van der Waals surface area contributed by atoms with E-state index in [-0.39, 0.29) is 23.0 Å². The van der Waals surface area contributed by atoms with Crippen LogP contribution in [0.2, 0.25) is 0 Å². The molecule has 7 heteroatoms. The molecule has 2 atom stereocenters. The van der Waals surface area contributed by atoms with Crippen LogP contribution < -0.4 is 5.32 Å². The molecule has 0 bridgehead atoms. The van der Waals surface area contributed by atoms with Gasteiger partial charge in [0, 0.05) is 25.2 Å². The van der Waals surface area contributed by atoms with Crippen LogP contribution in [0.15, 0.2) is 29.2 Å². The van der Waals surface area contributed by atoms with Gasteiger partial charge in [0.15, 0.2) is 0 Å². The Hall–Kier alpha value is -1.44. The third-order valence-corrected chi connectivity index (χ3v) is 6.02. The van der Waals surface area contributed by atoms with Crippen LogP contribution in [0, 0.1) is 0 Å². The lowest BCUT2D eigenvalue weighted by Gasteiger charge is -2.34. The third-order valence-electron chi connectivity index (χ3n) is 4.17. The van der Waals surface area contributed by atoms with Crippen LogP contribution in [0.4, 0.5) is 5.69 Å². The molecule has 6 nitrogen and oxygen atoms in total. The van der Waals surface area contributed by atoms with Gasteiger partial charge < -0.3 is 10.1 Å². The second kappa shape index (κ2) is 8.78. The molecule has 0 spiro atoms. The predicted molar refractivity (Wildman–Crippen MR) is 98.0 cm³/mol. The molecule has 1 aromatic carbocycles. The Bertz CT molecular complexity index is 663. The van der Waals surface area contributed by atoms with Gasteiger partial charge in [0.25, 0.3) is 0 Å². The fourth-order valence-electron chi connectivity index (χ4n) is 2.95. The van der Waals surface area contributed by atoms with Crippen molar-refractivity contribution in [2.75, 3.05) is 18.4 Å². The van der Waals surface area contributed by atoms with E-state index >= 15 is 0 Å². The first kappa shape index (κ1) is 19.9. The fourth-order valence-corrected chi connectivity index (χ4v) is 4.54. The quantitative estimate of drug-likeness (QED) is 0.751. The molecule has 1 amide bonds. The van der Waals surface area contributed by atoms with E-state index in [4.69, 9.17) is 4.74 Å². The summed E-state index contributed by atoms with van der Waals surface area (Å²) < 4.78 is 32.6. The van der Waals surface area contributed by atoms with Crippen molar-refractivity contribution in [3.63, 3.8) is 0 Å². The molecule has 1 aromatic rings. The maximum absolute atomic E-state index is 12.8. The van der Waals surface area contributed by atoms with Crippen LogP contribution in [-0.4, -0.2) is 43.9 Å². The molecule has 1 heterocycles. The number of carbonyl (C=O) groups excluding carboxylic acids is 1. The average molecular weight is 368 g/mol. The van der Waals surface area contributed by atoms with Gasteiger partial charge in [-0.2, -0.15) is 4.31 Å². The van der Waals surface area contributed by atoms with E-state index in [2.05, 4.69) is 12.2 Å². The maximum atomic E-state index is 12.8. The maximum Gasteiger partial charge on any atom is 0.243 e. The molecular weight excluding hydrogens is 340 g/mol. The molecule has 1 N–H and O–H groups in total. The Morgan fingerprint density at radius 1 is 1.16 bits per heavy atom. The van der Waals surface area contributed by atoms with E-state index in [0.29, 0.717) is 25.2 Å². The van der Waals surface area contributed by atoms with Crippen molar-refractivity contribution >= 4 is 21.6 Å². The lowest BCUT2D eigenvalue weighted by Crippen LogP contribution is -2.48. The van der Waals surface area contributed by atoms with Gasteiger partial charge >= 0.3 is 0 Å². The van der Waals surface area contributed by atoms with Crippen LogP contribution in [0.25, 0.3) is 0 Å². The Labute approximate surface area is 150 Å². The van der Waals surface area contributed by atoms with Gasteiger partial charge in [0.1, 0.15) is 0 Å². The average Bonchev–Trinajstić information content (AvgIpc) is 2.54. The number of carbonyl (C=O) groups is 1. The van der Waals surface area contributed by atoms with Gasteiger partial charge in [-0.15, -0.1) is 0 Å². The molecule has 1 aliphatic rings. The Morgan fingerprint density at radius 2 is 1.76 bits per heavy atom. The zero-order valence-electron chi connectivity index (χ0n) is 15.2. The first-order chi connectivity index (χ1) is 11.8. The summed E-state index contributed by atoms with van der Waals surface area (Å²) in [4.78, 5) is 12.1. The lowest BCUT2D eigenvalue weighted by atomic mass is 10.2. The molecule has 25 heavy (non-hydrogen) atoms. The van der Waals surface area contributed by atoms with E-state index in [9.17, 15) is 13.2 Å². The van der Waals surface area contributed by atoms with Crippen molar-refractivity contribution in [2.45, 2.75) is 63.6 Å². The number of unbranched alkanes of at least 4 members (excludes halogenated alkanes) is 2. The summed E-state index contributed by atoms with van der Waals surface area (Å²) in [5.74, 6) is -0.0418. The molecule has 1 fully saturated rings. The van der Waals surface area contributed by atoms with E-state index in [0.717, 1.165) is 19.3 Å². The highest BCUT2D eigenvalue weighted by Crippen LogP contribution is 2.22. The first-order valence-corrected chi connectivity index (χ1v) is 10.3. The zero-order valence-corrected chi connectivity index (χ0v) is 16.0. The smallest absolute Gasteiger partial charge is 0.243 e. The van der Waals surface area contributed by atoms with Crippen molar-refractivity contribution in [2.24, 2.45) is 0 Å². The minimum Gasteiger partial charge on any atom is -0.373 e. The van der Waals surface area contributed by atoms with E-state index < -0.39 is 10.0 Å². The highest BCUT2D eigenvalue weighted by atomic mass is 32.2. The Balaban J connectivity index is 2.02. The number of sulfonamides is 1. The number of amides is 1. The van der Waals surface area contributed by atoms with Gasteiger partial charge in [-0.3, -0.25) is 4.79 Å². The molecule has 2 unspecified atom stereocenters. The number of ether oxygens (including phenoxy) is 1. The summed E-state index contributed by atoms with van der Waals surface area (Å²) in [5.41, 5.74) is 0.615. The molecule has 1 aliphatic heterocycles. The molecule has 0 aliphatic carbocycles. The van der Waals surface area contributed by atoms with Gasteiger partial charge in [0.2, 0.25) is 15.9 Å². The second-order valence-electron chi connectivity index (χ2n) is 6.61. The fraction of sp³-hybridized carbons (Fsp3) is 0.611. The van der Waals surface area contributed by atoms with Crippen molar-refractivity contribution in [1.29, 1.82) is 0 Å². The number of rotatable bonds is 7. The van der Waals surface area contributed by atoms with E-state index in [1.165, 1.54) is 4.31 Å². The minimum absolute atomic E-state index is 0.0418. The second-order valence-corrected chi connectivity index (χ2v) is 8.55. The number of anilines is 1. The normalized spacial score (nSPS) is 21.9. The monoisotopic (exact) mass is 368 g/mol. The molecule has 140 valence electrons. The summed E-state index contributed by atoms with van der Waals surface area (Å²) in [6, 6.07) is 6.36. The highest BCUT2D eigenvalue weighted by Gasteiger charge is 2.32. The van der Waals surface area contributed by atoms with Crippen molar-refractivity contribution in [3.8, 4) is 0 Å². The van der Waals surface area contributed by atoms with Crippen molar-refractivity contribution < 1.29 is 17.9 Å². The number of morpholine rings is 1. The van der Waals surface area contributed by atoms with Crippen molar-refractivity contribution in [3.05, 3.63) is 24.3 Å². The summed E-state index contributed by atoms with van der Waals surface area (Å²) >= 11 is 0. The third kappa shape index (κ3) is 5.52. The van der Waals surface area contributed by atoms with Crippen LogP contribution in [-0.2, 0) is 19.6 Å². The summed E-state index contributed by atoms with van der Waals surface area (Å²) in [6.45, 7) is 6.53. The number of hydrogen-bond acceptors (Lipinski definition) is 4. The van der Waals surface area contributed by atoms with Crippen LogP contribution in [0.1, 0.15) is 46.5 Å². The Kier molecular flexibility index (Phi) is 6.98. The predicted octanol–water partition coefficient (Wildman–Crippen LogP) is 3.00. The van der Waals surface area contributed by atoms with Gasteiger partial charge in [-0.1, -0.05) is 19.8 Å². The minimum atomic E-state index is -3.55. The van der Waals surface area contributed by atoms with Crippen LogP contribution >= 0.6 is 0 Å². The van der Waals surface area contributed by atoms with Crippen molar-refractivity contribution in [1.82, 2.24) is 4.31 Å². The number of nitrogens with one attached hydrogen (secondary N) is 1. The number of nitrogens with zero attached hydrogens (tertiary/aromatic N) is 1. The number of hydrogen-bond donors (Lipinski definition) is 1. The first-order valence-electron chi connectivity index (χ1n) is 8.88. The van der Waals surface area contributed by atoms with Gasteiger partial charge in [-0.05, 0) is 44.5 Å². The molecule has 1 saturated heterocycles. The molecule has 0 radical (unpaired) electrons. The Morgan fingerprint density at radius 3 is 2.32 bits per heavy atom. The zero-order chi connectivity index (χ0) is 18.4. The SMILES string of the molecule is CCCCCC(=O)Nc1ccc(S(=O)(=O)N2CC(C)OC(C)C2)cc1. The summed E-state index contributed by atoms with van der Waals surface area (Å²) in [5, 5.41) is 2.81. The highest BCUT2D eigenvalue weighted by molar-refractivity contribution is 7.89. The van der Waals surface area contributed by atoms with Crippen LogP contribution in [0.5, 0.6) is 0 Å². The topological polar surface area (TPSA) is 75.7 Å². The molecule has 2 rings (SSSR count). The molecule has 0 aromatic heterocycles. The van der Waals surface area contributed by atoms with Crippen LogP contribution in [0.3, 0.4) is 0 Å². The standard InChI is InChI=1S/C18H28N2O4S/c1-4-5-6-7-18(21)19-16-8-10-17(11-9-16)25(22,23)20-12-14(2)24-15(3)13-20/h8-11,14-15H,4-7,12-13H2,1-3H3,(H,19,21). The van der Waals surface area contributed by atoms with Gasteiger partial charge in [0.05, 0.1) is 17.1 Å². The lowest BCUT2D eigenvalue weighted by molar-refractivity contribution is -0.116.